The molecule has 6 nitrogen and oxygen atoms in total. The molecule has 120 valence electrons. The number of fused-ring (bicyclic) bond motifs is 2. The lowest BCUT2D eigenvalue weighted by molar-refractivity contribution is -0.138. The molecule has 2 aliphatic heterocycles. The topological polar surface area (TPSA) is 74.2 Å². The molecule has 1 aromatic carbocycles. The van der Waals surface area contributed by atoms with Gasteiger partial charge in [-0.25, -0.2) is 4.79 Å². The Morgan fingerprint density at radius 2 is 1.87 bits per heavy atom. The minimum Gasteiger partial charge on any atom is -0.478 e. The third-order valence-corrected chi connectivity index (χ3v) is 4.03. The summed E-state index contributed by atoms with van der Waals surface area (Å²) in [5, 5.41) is 9.49. The standard InChI is InChI=1S/C17H16O6/c1-17(2)22-12-4-3-9(5-15(12)23-17)10-6-13-14(21-8-20-13)7-11(10)16(18)19/h3-7,12,15H,8H2,1-2H3,(H,18,19)/t12-,15+/m1/s1. The van der Waals surface area contributed by atoms with Gasteiger partial charge >= 0.3 is 5.97 Å². The largest absolute Gasteiger partial charge is 0.478 e. The number of carboxylic acids is 1. The molecule has 0 bridgehead atoms. The number of benzene rings is 1. The third-order valence-electron chi connectivity index (χ3n) is 4.03. The Bertz CT molecular complexity index is 746. The van der Waals surface area contributed by atoms with Crippen LogP contribution in [0.2, 0.25) is 0 Å². The van der Waals surface area contributed by atoms with Crippen molar-refractivity contribution in [2.24, 2.45) is 0 Å². The van der Waals surface area contributed by atoms with Gasteiger partial charge in [-0.05, 0) is 43.2 Å². The maximum absolute atomic E-state index is 11.6. The van der Waals surface area contributed by atoms with E-state index in [0.717, 1.165) is 5.57 Å². The van der Waals surface area contributed by atoms with Gasteiger partial charge in [0.2, 0.25) is 6.79 Å². The number of carbonyl (C=O) groups is 1. The molecule has 1 N–H and O–H groups in total. The van der Waals surface area contributed by atoms with E-state index >= 15 is 0 Å². The summed E-state index contributed by atoms with van der Waals surface area (Å²) in [7, 11) is 0. The molecule has 0 amide bonds. The van der Waals surface area contributed by atoms with Crippen molar-refractivity contribution in [3.63, 3.8) is 0 Å². The predicted molar refractivity (Wildman–Crippen MR) is 80.5 cm³/mol. The van der Waals surface area contributed by atoms with E-state index in [2.05, 4.69) is 0 Å². The highest BCUT2D eigenvalue weighted by atomic mass is 16.7. The lowest BCUT2D eigenvalue weighted by atomic mass is 9.93. The summed E-state index contributed by atoms with van der Waals surface area (Å²) < 4.78 is 22.2. The second-order valence-corrected chi connectivity index (χ2v) is 6.10. The molecule has 1 aromatic rings. The van der Waals surface area contributed by atoms with Crippen molar-refractivity contribution < 1.29 is 28.8 Å². The van der Waals surface area contributed by atoms with Crippen LogP contribution in [0.5, 0.6) is 11.5 Å². The molecule has 0 aromatic heterocycles. The zero-order chi connectivity index (χ0) is 16.2. The lowest BCUT2D eigenvalue weighted by Crippen LogP contribution is -2.21. The zero-order valence-electron chi connectivity index (χ0n) is 12.7. The number of carboxylic acid groups (broad SMARTS) is 1. The van der Waals surface area contributed by atoms with Crippen molar-refractivity contribution in [1.29, 1.82) is 0 Å². The number of aromatic carboxylic acids is 1. The molecule has 1 saturated heterocycles. The molecule has 6 heteroatoms. The van der Waals surface area contributed by atoms with E-state index in [1.807, 2.05) is 32.1 Å². The van der Waals surface area contributed by atoms with E-state index in [0.29, 0.717) is 17.1 Å². The third kappa shape index (κ3) is 2.40. The van der Waals surface area contributed by atoms with E-state index in [9.17, 15) is 9.90 Å². The summed E-state index contributed by atoms with van der Waals surface area (Å²) in [5.74, 6) is -0.675. The Balaban J connectivity index is 1.76. The van der Waals surface area contributed by atoms with Crippen molar-refractivity contribution in [3.05, 3.63) is 41.5 Å². The van der Waals surface area contributed by atoms with E-state index in [-0.39, 0.29) is 24.6 Å². The molecule has 0 spiro atoms. The van der Waals surface area contributed by atoms with E-state index in [1.54, 1.807) is 6.07 Å². The maximum Gasteiger partial charge on any atom is 0.336 e. The molecule has 1 fully saturated rings. The monoisotopic (exact) mass is 316 g/mol. The number of hydrogen-bond donors (Lipinski definition) is 1. The Morgan fingerprint density at radius 1 is 1.17 bits per heavy atom. The Labute approximate surface area is 132 Å². The van der Waals surface area contributed by atoms with Crippen molar-refractivity contribution in [3.8, 4) is 11.5 Å². The van der Waals surface area contributed by atoms with Crippen LogP contribution >= 0.6 is 0 Å². The van der Waals surface area contributed by atoms with Crippen molar-refractivity contribution >= 4 is 11.5 Å². The van der Waals surface area contributed by atoms with Gasteiger partial charge in [0.15, 0.2) is 17.3 Å². The first kappa shape index (κ1) is 14.3. The minimum atomic E-state index is -1.02. The van der Waals surface area contributed by atoms with Gasteiger partial charge in [0.1, 0.15) is 12.2 Å². The summed E-state index contributed by atoms with van der Waals surface area (Å²) in [6, 6.07) is 3.19. The molecule has 3 aliphatic rings. The molecule has 1 aliphatic carbocycles. The van der Waals surface area contributed by atoms with Crippen LogP contribution in [0, 0.1) is 0 Å². The van der Waals surface area contributed by atoms with Crippen molar-refractivity contribution in [2.45, 2.75) is 31.8 Å². The highest BCUT2D eigenvalue weighted by molar-refractivity contribution is 5.97. The van der Waals surface area contributed by atoms with E-state index in [1.165, 1.54) is 6.07 Å². The highest BCUT2D eigenvalue weighted by Crippen LogP contribution is 2.40. The fraction of sp³-hybridized carbons (Fsp3) is 0.353. The summed E-state index contributed by atoms with van der Waals surface area (Å²) in [5.41, 5.74) is 1.51. The van der Waals surface area contributed by atoms with Crippen LogP contribution in [0.3, 0.4) is 0 Å². The van der Waals surface area contributed by atoms with Gasteiger partial charge in [0.25, 0.3) is 0 Å². The van der Waals surface area contributed by atoms with Gasteiger partial charge in [0.05, 0.1) is 5.56 Å². The second kappa shape index (κ2) is 4.84. The summed E-state index contributed by atoms with van der Waals surface area (Å²) in [4.78, 5) is 11.6. The van der Waals surface area contributed by atoms with E-state index < -0.39 is 11.8 Å². The summed E-state index contributed by atoms with van der Waals surface area (Å²) >= 11 is 0. The molecule has 0 radical (unpaired) electrons. The maximum atomic E-state index is 11.6. The van der Waals surface area contributed by atoms with Crippen LogP contribution in [0.25, 0.3) is 5.57 Å². The Hall–Kier alpha value is -2.31. The second-order valence-electron chi connectivity index (χ2n) is 6.10. The quantitative estimate of drug-likeness (QED) is 0.904. The normalized spacial score (nSPS) is 26.8. The predicted octanol–water partition coefficient (Wildman–Crippen LogP) is 2.59. The van der Waals surface area contributed by atoms with Gasteiger partial charge in [-0.3, -0.25) is 0 Å². The Kier molecular flexibility index (Phi) is 3.01. The first-order chi connectivity index (χ1) is 10.9. The highest BCUT2D eigenvalue weighted by Gasteiger charge is 2.40. The number of rotatable bonds is 2. The molecular weight excluding hydrogens is 300 g/mol. The van der Waals surface area contributed by atoms with Gasteiger partial charge in [-0.2, -0.15) is 0 Å². The van der Waals surface area contributed by atoms with Crippen LogP contribution in [0.15, 0.2) is 30.4 Å². The van der Waals surface area contributed by atoms with Crippen LogP contribution in [-0.4, -0.2) is 35.9 Å². The zero-order valence-corrected chi connectivity index (χ0v) is 12.7. The van der Waals surface area contributed by atoms with Gasteiger partial charge < -0.3 is 24.1 Å². The smallest absolute Gasteiger partial charge is 0.336 e. The summed E-state index contributed by atoms with van der Waals surface area (Å²) in [6.45, 7) is 3.81. The molecular formula is C17H16O6. The molecule has 2 heterocycles. The fourth-order valence-corrected chi connectivity index (χ4v) is 3.06. The van der Waals surface area contributed by atoms with Crippen LogP contribution < -0.4 is 9.47 Å². The Morgan fingerprint density at radius 3 is 2.61 bits per heavy atom. The van der Waals surface area contributed by atoms with Crippen molar-refractivity contribution in [2.75, 3.05) is 6.79 Å². The SMILES string of the molecule is CC1(C)O[C@H]2C=C(c3cc4c(cc3C(=O)O)OCO4)C=C[C@H]2O1. The average molecular weight is 316 g/mol. The first-order valence-corrected chi connectivity index (χ1v) is 7.36. The molecule has 0 saturated carbocycles. The number of ether oxygens (including phenoxy) is 4. The van der Waals surface area contributed by atoms with E-state index in [4.69, 9.17) is 18.9 Å². The molecule has 0 unspecified atom stereocenters. The number of hydrogen-bond acceptors (Lipinski definition) is 5. The number of allylic oxidation sites excluding steroid dienone is 2. The molecule has 2 atom stereocenters. The first-order valence-electron chi connectivity index (χ1n) is 7.36. The molecule has 23 heavy (non-hydrogen) atoms. The lowest BCUT2D eigenvalue weighted by Gasteiger charge is -2.18. The average Bonchev–Trinajstić information content (AvgIpc) is 3.05. The minimum absolute atomic E-state index is 0.0998. The summed E-state index contributed by atoms with van der Waals surface area (Å²) in [6.07, 6.45) is 5.25. The van der Waals surface area contributed by atoms with Gasteiger partial charge in [-0.1, -0.05) is 12.2 Å². The van der Waals surface area contributed by atoms with Crippen molar-refractivity contribution in [1.82, 2.24) is 0 Å². The van der Waals surface area contributed by atoms with Crippen LogP contribution in [0.4, 0.5) is 0 Å². The van der Waals surface area contributed by atoms with Crippen LogP contribution in [-0.2, 0) is 9.47 Å². The van der Waals surface area contributed by atoms with Gasteiger partial charge in [0, 0.05) is 0 Å². The molecule has 4 rings (SSSR count). The van der Waals surface area contributed by atoms with Crippen LogP contribution in [0.1, 0.15) is 29.8 Å². The van der Waals surface area contributed by atoms with Gasteiger partial charge in [-0.15, -0.1) is 0 Å². The fourth-order valence-electron chi connectivity index (χ4n) is 3.06.